The number of pyridine rings is 1. The monoisotopic (exact) mass is 335 g/mol. The van der Waals surface area contributed by atoms with Crippen LogP contribution in [0.3, 0.4) is 0 Å². The molecule has 0 spiro atoms. The first-order chi connectivity index (χ1) is 12.2. The summed E-state index contributed by atoms with van der Waals surface area (Å²) in [6.45, 7) is 0.436. The van der Waals surface area contributed by atoms with Crippen molar-refractivity contribution in [3.8, 4) is 0 Å². The zero-order valence-corrected chi connectivity index (χ0v) is 13.4. The quantitative estimate of drug-likeness (QED) is 0.680. The van der Waals surface area contributed by atoms with Gasteiger partial charge in [0.15, 0.2) is 0 Å². The predicted molar refractivity (Wildman–Crippen MR) is 93.2 cm³/mol. The van der Waals surface area contributed by atoms with Crippen LogP contribution in [-0.2, 0) is 11.2 Å². The van der Waals surface area contributed by atoms with Crippen molar-refractivity contribution in [2.24, 2.45) is 0 Å². The smallest absolute Gasteiger partial charge is 0.315 e. The van der Waals surface area contributed by atoms with Gasteiger partial charge in [-0.2, -0.15) is 0 Å². The van der Waals surface area contributed by atoms with Crippen LogP contribution in [0.5, 0.6) is 0 Å². The van der Waals surface area contributed by atoms with E-state index in [0.29, 0.717) is 13.0 Å². The fraction of sp³-hybridized carbons (Fsp3) is 0.167. The lowest BCUT2D eigenvalue weighted by molar-refractivity contribution is -0.117. The highest BCUT2D eigenvalue weighted by Gasteiger charge is 2.31. The van der Waals surface area contributed by atoms with Gasteiger partial charge in [0, 0.05) is 36.6 Å². The van der Waals surface area contributed by atoms with Gasteiger partial charge in [-0.3, -0.25) is 4.79 Å². The van der Waals surface area contributed by atoms with Gasteiger partial charge in [-0.15, -0.1) is 0 Å². The summed E-state index contributed by atoms with van der Waals surface area (Å²) < 4.78 is 1.94. The molecule has 3 heterocycles. The largest absolute Gasteiger partial charge is 0.338 e. The third-order valence-corrected chi connectivity index (χ3v) is 4.15. The fourth-order valence-electron chi connectivity index (χ4n) is 2.95. The molecule has 7 heteroatoms. The van der Waals surface area contributed by atoms with Crippen molar-refractivity contribution in [1.29, 1.82) is 0 Å². The molecule has 1 aliphatic heterocycles. The van der Waals surface area contributed by atoms with E-state index in [-0.39, 0.29) is 11.9 Å². The Morgan fingerprint density at radius 1 is 1.20 bits per heavy atom. The molecule has 7 nitrogen and oxygen atoms in total. The van der Waals surface area contributed by atoms with Crippen molar-refractivity contribution in [2.75, 3.05) is 11.9 Å². The number of para-hydroxylation sites is 1. The van der Waals surface area contributed by atoms with Crippen molar-refractivity contribution in [2.45, 2.75) is 12.5 Å². The van der Waals surface area contributed by atoms with E-state index in [1.54, 1.807) is 0 Å². The number of hydrogen-bond acceptors (Lipinski definition) is 3. The van der Waals surface area contributed by atoms with Crippen LogP contribution < -0.4 is 16.0 Å². The fourth-order valence-corrected chi connectivity index (χ4v) is 2.95. The topological polar surface area (TPSA) is 87.5 Å². The van der Waals surface area contributed by atoms with Gasteiger partial charge in [0.25, 0.3) is 5.91 Å². The van der Waals surface area contributed by atoms with Gasteiger partial charge >= 0.3 is 6.03 Å². The second-order valence-corrected chi connectivity index (χ2v) is 5.86. The van der Waals surface area contributed by atoms with Crippen molar-refractivity contribution in [1.82, 2.24) is 20.0 Å². The number of carbonyl (C=O) groups excluding carboxylic acids is 2. The summed E-state index contributed by atoms with van der Waals surface area (Å²) in [6, 6.07) is 12.1. The summed E-state index contributed by atoms with van der Waals surface area (Å²) in [6.07, 6.45) is 4.49. The number of rotatable bonds is 4. The molecular weight excluding hydrogens is 318 g/mol. The minimum Gasteiger partial charge on any atom is -0.338 e. The van der Waals surface area contributed by atoms with Crippen LogP contribution in [0, 0.1) is 0 Å². The summed E-state index contributed by atoms with van der Waals surface area (Å²) in [7, 11) is 0. The zero-order chi connectivity index (χ0) is 17.2. The highest BCUT2D eigenvalue weighted by Crippen LogP contribution is 2.29. The van der Waals surface area contributed by atoms with Crippen molar-refractivity contribution < 1.29 is 9.59 Å². The highest BCUT2D eigenvalue weighted by molar-refractivity contribution is 6.04. The molecule has 3 aromatic rings. The molecular formula is C18H17N5O2. The molecule has 4 rings (SSSR count). The molecule has 1 aromatic carbocycles. The molecule has 126 valence electrons. The summed E-state index contributed by atoms with van der Waals surface area (Å²) in [5.74, 6) is -0.225. The first kappa shape index (κ1) is 15.2. The second kappa shape index (κ2) is 6.27. The average molecular weight is 335 g/mol. The van der Waals surface area contributed by atoms with E-state index < -0.39 is 6.04 Å². The number of urea groups is 1. The number of nitrogens with one attached hydrogen (secondary N) is 3. The third kappa shape index (κ3) is 3.03. The summed E-state index contributed by atoms with van der Waals surface area (Å²) in [5, 5.41) is 8.24. The van der Waals surface area contributed by atoms with Crippen LogP contribution >= 0.6 is 0 Å². The van der Waals surface area contributed by atoms with Crippen LogP contribution in [0.2, 0.25) is 0 Å². The van der Waals surface area contributed by atoms with Gasteiger partial charge in [0.2, 0.25) is 0 Å². The molecule has 0 radical (unpaired) electrons. The van der Waals surface area contributed by atoms with E-state index in [2.05, 4.69) is 20.9 Å². The van der Waals surface area contributed by atoms with Gasteiger partial charge in [0.1, 0.15) is 11.7 Å². The summed E-state index contributed by atoms with van der Waals surface area (Å²) in [4.78, 5) is 28.6. The third-order valence-electron chi connectivity index (χ3n) is 4.15. The maximum Gasteiger partial charge on any atom is 0.315 e. The lowest BCUT2D eigenvalue weighted by atomic mass is 10.1. The molecule has 0 saturated heterocycles. The van der Waals surface area contributed by atoms with E-state index >= 15 is 0 Å². The Morgan fingerprint density at radius 3 is 2.92 bits per heavy atom. The first-order valence-electron chi connectivity index (χ1n) is 8.07. The Morgan fingerprint density at radius 2 is 2.04 bits per heavy atom. The van der Waals surface area contributed by atoms with Gasteiger partial charge in [-0.05, 0) is 18.2 Å². The maximum absolute atomic E-state index is 12.1. The van der Waals surface area contributed by atoms with Gasteiger partial charge in [-0.25, -0.2) is 9.78 Å². The molecule has 0 aliphatic carbocycles. The van der Waals surface area contributed by atoms with Crippen LogP contribution in [0.15, 0.2) is 54.9 Å². The SMILES string of the molecule is O=C(NCCc1cn2ccccc2n1)NC1C(=O)Nc2ccccc21. The number of hydrogen-bond donors (Lipinski definition) is 3. The van der Waals surface area contributed by atoms with Crippen LogP contribution in [0.4, 0.5) is 10.5 Å². The minimum atomic E-state index is -0.661. The van der Waals surface area contributed by atoms with E-state index in [1.165, 1.54) is 0 Å². The molecule has 3 N–H and O–H groups in total. The molecule has 0 fully saturated rings. The number of nitrogens with zero attached hydrogens (tertiary/aromatic N) is 2. The molecule has 2 aromatic heterocycles. The number of anilines is 1. The maximum atomic E-state index is 12.1. The van der Waals surface area contributed by atoms with Gasteiger partial charge < -0.3 is 20.4 Å². The lowest BCUT2D eigenvalue weighted by Crippen LogP contribution is -2.41. The zero-order valence-electron chi connectivity index (χ0n) is 13.4. The van der Waals surface area contributed by atoms with E-state index in [1.807, 2.05) is 59.3 Å². The van der Waals surface area contributed by atoms with E-state index in [0.717, 1.165) is 22.6 Å². The molecule has 1 atom stereocenters. The molecule has 0 saturated carbocycles. The normalized spacial score (nSPS) is 15.7. The Labute approximate surface area is 144 Å². The second-order valence-electron chi connectivity index (χ2n) is 5.86. The molecule has 25 heavy (non-hydrogen) atoms. The Bertz CT molecular complexity index is 916. The Hall–Kier alpha value is -3.35. The van der Waals surface area contributed by atoms with Crippen molar-refractivity contribution in [3.05, 3.63) is 66.1 Å². The first-order valence-corrected chi connectivity index (χ1v) is 8.07. The van der Waals surface area contributed by atoms with Gasteiger partial charge in [-0.1, -0.05) is 24.3 Å². The summed E-state index contributed by atoms with van der Waals surface area (Å²) in [5.41, 5.74) is 3.29. The summed E-state index contributed by atoms with van der Waals surface area (Å²) >= 11 is 0. The lowest BCUT2D eigenvalue weighted by Gasteiger charge is -2.12. The van der Waals surface area contributed by atoms with E-state index in [4.69, 9.17) is 0 Å². The number of aromatic nitrogens is 2. The van der Waals surface area contributed by atoms with Crippen LogP contribution in [0.25, 0.3) is 5.65 Å². The standard InChI is InChI=1S/C18H17N5O2/c24-17-16(13-5-1-2-6-14(13)21-17)22-18(25)19-9-8-12-11-23-10-4-3-7-15(23)20-12/h1-7,10-11,16H,8-9H2,(H,21,24)(H2,19,22,25). The average Bonchev–Trinajstić information content (AvgIpc) is 3.16. The Balaban J connectivity index is 1.33. The molecule has 1 aliphatic rings. The predicted octanol–water partition coefficient (Wildman–Crippen LogP) is 1.87. The van der Waals surface area contributed by atoms with Gasteiger partial charge in [0.05, 0.1) is 5.69 Å². The van der Waals surface area contributed by atoms with Crippen LogP contribution in [-0.4, -0.2) is 27.9 Å². The van der Waals surface area contributed by atoms with Crippen LogP contribution in [0.1, 0.15) is 17.3 Å². The molecule has 1 unspecified atom stereocenters. The Kier molecular flexibility index (Phi) is 3.81. The highest BCUT2D eigenvalue weighted by atomic mass is 16.2. The number of fused-ring (bicyclic) bond motifs is 2. The number of benzene rings is 1. The van der Waals surface area contributed by atoms with E-state index in [9.17, 15) is 9.59 Å². The molecule has 0 bridgehead atoms. The number of imidazole rings is 1. The van der Waals surface area contributed by atoms with Crippen molar-refractivity contribution in [3.63, 3.8) is 0 Å². The molecule has 3 amide bonds. The minimum absolute atomic E-state index is 0.225. The van der Waals surface area contributed by atoms with Crippen molar-refractivity contribution >= 4 is 23.3 Å². The number of amides is 3. The number of carbonyl (C=O) groups is 2.